The van der Waals surface area contributed by atoms with Crippen molar-refractivity contribution < 1.29 is 8.42 Å². The minimum atomic E-state index is -3.45. The highest BCUT2D eigenvalue weighted by Crippen LogP contribution is 2.21. The molecule has 100 valence electrons. The van der Waals surface area contributed by atoms with Gasteiger partial charge in [0.25, 0.3) is 0 Å². The van der Waals surface area contributed by atoms with Crippen LogP contribution in [0.25, 0.3) is 0 Å². The van der Waals surface area contributed by atoms with Gasteiger partial charge in [-0.15, -0.1) is 6.58 Å². The topological polar surface area (TPSA) is 58.2 Å². The average molecular weight is 268 g/mol. The van der Waals surface area contributed by atoms with Crippen molar-refractivity contribution in [2.24, 2.45) is 0 Å². The van der Waals surface area contributed by atoms with Crippen LogP contribution in [0, 0.1) is 0 Å². The molecule has 1 atom stereocenters. The van der Waals surface area contributed by atoms with Gasteiger partial charge in [0.15, 0.2) is 0 Å². The van der Waals surface area contributed by atoms with Crippen molar-refractivity contribution in [2.75, 3.05) is 11.9 Å². The Hall–Kier alpha value is -1.33. The third kappa shape index (κ3) is 3.85. The van der Waals surface area contributed by atoms with Gasteiger partial charge in [0.2, 0.25) is 10.0 Å². The van der Waals surface area contributed by atoms with Crippen LogP contribution in [0.15, 0.2) is 41.8 Å². The molecule has 0 aliphatic heterocycles. The van der Waals surface area contributed by atoms with Gasteiger partial charge < -0.3 is 5.32 Å². The molecule has 0 aromatic heterocycles. The Bertz CT molecular complexity index is 497. The van der Waals surface area contributed by atoms with Crippen LogP contribution in [0.1, 0.15) is 20.3 Å². The fourth-order valence-corrected chi connectivity index (χ4v) is 2.74. The molecule has 0 radical (unpaired) electrons. The highest BCUT2D eigenvalue weighted by molar-refractivity contribution is 7.89. The van der Waals surface area contributed by atoms with Crippen molar-refractivity contribution >= 4 is 15.7 Å². The predicted octanol–water partition coefficient (Wildman–Crippen LogP) is 2.36. The summed E-state index contributed by atoms with van der Waals surface area (Å²) in [5.74, 6) is 0. The maximum atomic E-state index is 12.1. The minimum Gasteiger partial charge on any atom is -0.378 e. The SMILES string of the molecule is C=CC(C)Nc1ccccc1S(=O)(=O)NCCC. The molecule has 2 N–H and O–H groups in total. The molecule has 1 aromatic rings. The van der Waals surface area contributed by atoms with Crippen molar-refractivity contribution in [1.82, 2.24) is 4.72 Å². The second-order valence-corrected chi connectivity index (χ2v) is 5.80. The molecule has 1 rings (SSSR count). The van der Waals surface area contributed by atoms with Crippen molar-refractivity contribution in [1.29, 1.82) is 0 Å². The first-order valence-corrected chi connectivity index (χ1v) is 7.47. The monoisotopic (exact) mass is 268 g/mol. The quantitative estimate of drug-likeness (QED) is 0.746. The largest absolute Gasteiger partial charge is 0.378 e. The summed E-state index contributed by atoms with van der Waals surface area (Å²) in [6, 6.07) is 6.87. The van der Waals surface area contributed by atoms with E-state index in [1.165, 1.54) is 0 Å². The van der Waals surface area contributed by atoms with E-state index in [1.807, 2.05) is 13.8 Å². The summed E-state index contributed by atoms with van der Waals surface area (Å²) in [6.45, 7) is 7.94. The highest BCUT2D eigenvalue weighted by Gasteiger charge is 2.17. The van der Waals surface area contributed by atoms with Crippen LogP contribution in [0.2, 0.25) is 0 Å². The van der Waals surface area contributed by atoms with Gasteiger partial charge in [-0.3, -0.25) is 0 Å². The van der Waals surface area contributed by atoms with Crippen LogP contribution < -0.4 is 10.0 Å². The second-order valence-electron chi connectivity index (χ2n) is 4.06. The van der Waals surface area contributed by atoms with Crippen molar-refractivity contribution in [3.63, 3.8) is 0 Å². The molecule has 0 heterocycles. The van der Waals surface area contributed by atoms with Crippen LogP contribution in [0.5, 0.6) is 0 Å². The Labute approximate surface area is 109 Å². The third-order valence-electron chi connectivity index (χ3n) is 2.46. The summed E-state index contributed by atoms with van der Waals surface area (Å²) in [7, 11) is -3.45. The van der Waals surface area contributed by atoms with Gasteiger partial charge in [-0.25, -0.2) is 13.1 Å². The summed E-state index contributed by atoms with van der Waals surface area (Å²) in [5, 5.41) is 3.11. The lowest BCUT2D eigenvalue weighted by molar-refractivity contribution is 0.581. The Morgan fingerprint density at radius 1 is 1.39 bits per heavy atom. The maximum absolute atomic E-state index is 12.1. The number of benzene rings is 1. The van der Waals surface area contributed by atoms with Crippen LogP contribution in [-0.4, -0.2) is 21.0 Å². The molecular weight excluding hydrogens is 248 g/mol. The van der Waals surface area contributed by atoms with Gasteiger partial charge in [0.1, 0.15) is 4.90 Å². The van der Waals surface area contributed by atoms with Gasteiger partial charge in [0, 0.05) is 12.6 Å². The van der Waals surface area contributed by atoms with E-state index >= 15 is 0 Å². The minimum absolute atomic E-state index is 0.00697. The van der Waals surface area contributed by atoms with E-state index in [1.54, 1.807) is 30.3 Å². The first kappa shape index (κ1) is 14.7. The number of hydrogen-bond acceptors (Lipinski definition) is 3. The summed E-state index contributed by atoms with van der Waals surface area (Å²) in [4.78, 5) is 0.271. The maximum Gasteiger partial charge on any atom is 0.242 e. The zero-order chi connectivity index (χ0) is 13.6. The summed E-state index contributed by atoms with van der Waals surface area (Å²) in [5.41, 5.74) is 0.591. The molecule has 0 bridgehead atoms. The molecule has 18 heavy (non-hydrogen) atoms. The van der Waals surface area contributed by atoms with E-state index in [4.69, 9.17) is 0 Å². The first-order valence-electron chi connectivity index (χ1n) is 5.99. The number of hydrogen-bond donors (Lipinski definition) is 2. The fourth-order valence-electron chi connectivity index (χ4n) is 1.44. The summed E-state index contributed by atoms with van der Waals surface area (Å²) < 4.78 is 26.8. The Balaban J connectivity index is 3.04. The lowest BCUT2D eigenvalue weighted by Gasteiger charge is -2.15. The number of anilines is 1. The van der Waals surface area contributed by atoms with E-state index in [-0.39, 0.29) is 10.9 Å². The van der Waals surface area contributed by atoms with Gasteiger partial charge >= 0.3 is 0 Å². The van der Waals surface area contributed by atoms with E-state index in [0.29, 0.717) is 12.2 Å². The number of sulfonamides is 1. The predicted molar refractivity (Wildman–Crippen MR) is 75.2 cm³/mol. The van der Waals surface area contributed by atoms with Crippen LogP contribution in [0.4, 0.5) is 5.69 Å². The summed E-state index contributed by atoms with van der Waals surface area (Å²) >= 11 is 0. The Morgan fingerprint density at radius 3 is 2.67 bits per heavy atom. The van der Waals surface area contributed by atoms with E-state index in [0.717, 1.165) is 6.42 Å². The molecule has 0 aliphatic rings. The molecule has 5 heteroatoms. The van der Waals surface area contributed by atoms with Crippen LogP contribution >= 0.6 is 0 Å². The second kappa shape index (κ2) is 6.56. The van der Waals surface area contributed by atoms with Crippen LogP contribution in [-0.2, 0) is 10.0 Å². The molecule has 0 amide bonds. The number of rotatable bonds is 7. The van der Waals surface area contributed by atoms with Crippen molar-refractivity contribution in [3.05, 3.63) is 36.9 Å². The average Bonchev–Trinajstić information content (AvgIpc) is 2.36. The Morgan fingerprint density at radius 2 is 2.06 bits per heavy atom. The first-order chi connectivity index (χ1) is 8.51. The van der Waals surface area contributed by atoms with Crippen LogP contribution in [0.3, 0.4) is 0 Å². The zero-order valence-electron chi connectivity index (χ0n) is 10.8. The summed E-state index contributed by atoms with van der Waals surface area (Å²) in [6.07, 6.45) is 2.49. The molecular formula is C13H20N2O2S. The molecule has 0 aliphatic carbocycles. The van der Waals surface area contributed by atoms with Gasteiger partial charge in [-0.1, -0.05) is 25.1 Å². The third-order valence-corrected chi connectivity index (χ3v) is 3.97. The van der Waals surface area contributed by atoms with Gasteiger partial charge in [-0.2, -0.15) is 0 Å². The normalized spacial score (nSPS) is 13.0. The lowest BCUT2D eigenvalue weighted by Crippen LogP contribution is -2.26. The van der Waals surface area contributed by atoms with Crippen molar-refractivity contribution in [3.8, 4) is 0 Å². The molecule has 0 fully saturated rings. The molecule has 0 spiro atoms. The van der Waals surface area contributed by atoms with Gasteiger partial charge in [0.05, 0.1) is 5.69 Å². The Kier molecular flexibility index (Phi) is 5.37. The fraction of sp³-hybridized carbons (Fsp3) is 0.385. The number of para-hydroxylation sites is 1. The number of nitrogens with one attached hydrogen (secondary N) is 2. The molecule has 1 unspecified atom stereocenters. The molecule has 4 nitrogen and oxygen atoms in total. The van der Waals surface area contributed by atoms with Gasteiger partial charge in [-0.05, 0) is 25.5 Å². The zero-order valence-corrected chi connectivity index (χ0v) is 11.6. The van der Waals surface area contributed by atoms with Crippen molar-refractivity contribution in [2.45, 2.75) is 31.2 Å². The smallest absolute Gasteiger partial charge is 0.242 e. The molecule has 0 saturated carbocycles. The molecule has 1 aromatic carbocycles. The standard InChI is InChI=1S/C13H20N2O2S/c1-4-10-14-18(16,17)13-9-7-6-8-12(13)15-11(3)5-2/h5-9,11,14-15H,2,4,10H2,1,3H3. The molecule has 0 saturated heterocycles. The van der Waals surface area contributed by atoms with E-state index in [2.05, 4.69) is 16.6 Å². The lowest BCUT2D eigenvalue weighted by atomic mass is 10.2. The highest BCUT2D eigenvalue weighted by atomic mass is 32.2. The van der Waals surface area contributed by atoms with E-state index in [9.17, 15) is 8.42 Å². The van der Waals surface area contributed by atoms with E-state index < -0.39 is 10.0 Å².